The Morgan fingerprint density at radius 3 is 2.39 bits per heavy atom. The van der Waals surface area contributed by atoms with E-state index in [0.717, 1.165) is 71.2 Å². The predicted molar refractivity (Wildman–Crippen MR) is 69.1 cm³/mol. The van der Waals surface area contributed by atoms with E-state index in [2.05, 4.69) is 0 Å². The van der Waals surface area contributed by atoms with Gasteiger partial charge in [-0.1, -0.05) is 12.8 Å². The van der Waals surface area contributed by atoms with Gasteiger partial charge in [-0.15, -0.1) is 0 Å². The minimum Gasteiger partial charge on any atom is -0.381 e. The zero-order chi connectivity index (χ0) is 12.6. The second-order valence-electron chi connectivity index (χ2n) is 6.45. The van der Waals surface area contributed by atoms with Crippen LogP contribution in [0.25, 0.3) is 0 Å². The van der Waals surface area contributed by atoms with E-state index in [9.17, 15) is 4.79 Å². The second kappa shape index (κ2) is 4.49. The molecular weight excluding hydrogens is 228 g/mol. The molecule has 1 aliphatic carbocycles. The lowest BCUT2D eigenvalue weighted by atomic mass is 9.79. The molecule has 0 bridgehead atoms. The van der Waals surface area contributed by atoms with Crippen LogP contribution in [0.4, 0.5) is 0 Å². The number of carbonyl (C=O) groups excluding carboxylic acids is 1. The van der Waals surface area contributed by atoms with Crippen LogP contribution < -0.4 is 5.73 Å². The van der Waals surface area contributed by atoms with Crippen LogP contribution in [0.5, 0.6) is 0 Å². The Hall–Kier alpha value is -0.610. The summed E-state index contributed by atoms with van der Waals surface area (Å²) in [5.74, 6) is 0.211. The van der Waals surface area contributed by atoms with Crippen LogP contribution in [-0.4, -0.2) is 42.6 Å². The average molecular weight is 252 g/mol. The Morgan fingerprint density at radius 1 is 1.06 bits per heavy atom. The lowest BCUT2D eigenvalue weighted by Gasteiger charge is -2.34. The van der Waals surface area contributed by atoms with Crippen LogP contribution in [0.15, 0.2) is 0 Å². The van der Waals surface area contributed by atoms with E-state index >= 15 is 0 Å². The van der Waals surface area contributed by atoms with Gasteiger partial charge >= 0.3 is 0 Å². The first kappa shape index (κ1) is 12.4. The van der Waals surface area contributed by atoms with Crippen molar-refractivity contribution in [1.82, 2.24) is 4.90 Å². The van der Waals surface area contributed by atoms with Gasteiger partial charge in [0.05, 0.1) is 5.54 Å². The second-order valence-corrected chi connectivity index (χ2v) is 6.45. The lowest BCUT2D eigenvalue weighted by molar-refractivity contribution is -0.136. The van der Waals surface area contributed by atoms with Crippen molar-refractivity contribution in [2.75, 3.05) is 26.3 Å². The molecule has 2 N–H and O–H groups in total. The number of hydrogen-bond acceptors (Lipinski definition) is 3. The zero-order valence-corrected chi connectivity index (χ0v) is 11.1. The standard InChI is InChI=1S/C14H24N2O2/c15-14(3-1-2-4-14)12(17)16-8-5-13(11-16)6-9-18-10-7-13/h1-11,15H2. The molecule has 0 radical (unpaired) electrons. The Kier molecular flexibility index (Phi) is 3.10. The van der Waals surface area contributed by atoms with Crippen LogP contribution in [0.1, 0.15) is 44.9 Å². The molecule has 0 unspecified atom stereocenters. The van der Waals surface area contributed by atoms with Gasteiger partial charge in [0.1, 0.15) is 0 Å². The van der Waals surface area contributed by atoms with Gasteiger partial charge in [-0.2, -0.15) is 0 Å². The smallest absolute Gasteiger partial charge is 0.242 e. The van der Waals surface area contributed by atoms with Crippen LogP contribution in [0.2, 0.25) is 0 Å². The summed E-state index contributed by atoms with van der Waals surface area (Å²) in [6, 6.07) is 0. The molecule has 3 fully saturated rings. The first-order valence-corrected chi connectivity index (χ1v) is 7.30. The highest BCUT2D eigenvalue weighted by molar-refractivity contribution is 5.86. The number of likely N-dealkylation sites (tertiary alicyclic amines) is 1. The van der Waals surface area contributed by atoms with Crippen LogP contribution in [0, 0.1) is 5.41 Å². The van der Waals surface area contributed by atoms with Gasteiger partial charge in [0.2, 0.25) is 5.91 Å². The summed E-state index contributed by atoms with van der Waals surface area (Å²) >= 11 is 0. The highest BCUT2D eigenvalue weighted by Crippen LogP contribution is 2.41. The van der Waals surface area contributed by atoms with Crippen molar-refractivity contribution in [3.63, 3.8) is 0 Å². The highest BCUT2D eigenvalue weighted by atomic mass is 16.5. The number of nitrogens with zero attached hydrogens (tertiary/aromatic N) is 1. The monoisotopic (exact) mass is 252 g/mol. The van der Waals surface area contributed by atoms with E-state index in [1.54, 1.807) is 0 Å². The fourth-order valence-corrected chi connectivity index (χ4v) is 3.86. The maximum atomic E-state index is 12.6. The fraction of sp³-hybridized carbons (Fsp3) is 0.929. The highest BCUT2D eigenvalue weighted by Gasteiger charge is 2.46. The minimum absolute atomic E-state index is 0.211. The predicted octanol–water partition coefficient (Wildman–Crippen LogP) is 1.29. The quantitative estimate of drug-likeness (QED) is 0.765. The number of carbonyl (C=O) groups is 1. The fourth-order valence-electron chi connectivity index (χ4n) is 3.86. The SMILES string of the molecule is NC1(C(=O)N2CCC3(CCOCC3)C2)CCCC1. The van der Waals surface area contributed by atoms with Crippen molar-refractivity contribution in [2.45, 2.75) is 50.5 Å². The Balaban J connectivity index is 1.66. The summed E-state index contributed by atoms with van der Waals surface area (Å²) in [4.78, 5) is 14.6. The average Bonchev–Trinajstić information content (AvgIpc) is 2.98. The molecule has 3 rings (SSSR count). The Morgan fingerprint density at radius 2 is 1.72 bits per heavy atom. The summed E-state index contributed by atoms with van der Waals surface area (Å²) in [5.41, 5.74) is 6.08. The normalized spacial score (nSPS) is 29.9. The van der Waals surface area contributed by atoms with Crippen molar-refractivity contribution >= 4 is 5.91 Å². The summed E-state index contributed by atoms with van der Waals surface area (Å²) in [6.45, 7) is 3.53. The van der Waals surface area contributed by atoms with Crippen LogP contribution >= 0.6 is 0 Å². The maximum absolute atomic E-state index is 12.6. The van der Waals surface area contributed by atoms with Gasteiger partial charge < -0.3 is 15.4 Å². The van der Waals surface area contributed by atoms with Gasteiger partial charge in [-0.05, 0) is 37.5 Å². The van der Waals surface area contributed by atoms with Crippen molar-refractivity contribution in [1.29, 1.82) is 0 Å². The molecule has 18 heavy (non-hydrogen) atoms. The molecule has 2 heterocycles. The number of rotatable bonds is 1. The van der Waals surface area contributed by atoms with Crippen molar-refractivity contribution in [3.05, 3.63) is 0 Å². The van der Waals surface area contributed by atoms with E-state index < -0.39 is 5.54 Å². The molecule has 4 heteroatoms. The molecule has 1 spiro atoms. The van der Waals surface area contributed by atoms with Crippen LogP contribution in [0.3, 0.4) is 0 Å². The lowest BCUT2D eigenvalue weighted by Crippen LogP contribution is -2.53. The zero-order valence-electron chi connectivity index (χ0n) is 11.1. The number of nitrogens with two attached hydrogens (primary N) is 1. The number of hydrogen-bond donors (Lipinski definition) is 1. The Labute approximate surface area is 109 Å². The van der Waals surface area contributed by atoms with Gasteiger partial charge in [-0.3, -0.25) is 4.79 Å². The molecule has 3 aliphatic rings. The van der Waals surface area contributed by atoms with Gasteiger partial charge in [0.25, 0.3) is 0 Å². The van der Waals surface area contributed by atoms with Gasteiger partial charge in [-0.25, -0.2) is 0 Å². The van der Waals surface area contributed by atoms with E-state index in [0.29, 0.717) is 5.41 Å². The third-order valence-electron chi connectivity index (χ3n) is 5.20. The molecular formula is C14H24N2O2. The largest absolute Gasteiger partial charge is 0.381 e. The summed E-state index contributed by atoms with van der Waals surface area (Å²) in [6.07, 6.45) is 7.31. The minimum atomic E-state index is -0.545. The molecule has 0 atom stereocenters. The molecule has 102 valence electrons. The third kappa shape index (κ3) is 2.05. The van der Waals surface area contributed by atoms with E-state index in [-0.39, 0.29) is 5.91 Å². The van der Waals surface area contributed by atoms with Crippen LogP contribution in [-0.2, 0) is 9.53 Å². The molecule has 0 aromatic heterocycles. The number of ether oxygens (including phenoxy) is 1. The van der Waals surface area contributed by atoms with E-state index in [1.807, 2.05) is 4.90 Å². The van der Waals surface area contributed by atoms with Crippen molar-refractivity contribution < 1.29 is 9.53 Å². The van der Waals surface area contributed by atoms with Crippen molar-refractivity contribution in [2.24, 2.45) is 11.1 Å². The molecule has 2 aliphatic heterocycles. The molecule has 1 amide bonds. The summed E-state index contributed by atoms with van der Waals surface area (Å²) in [7, 11) is 0. The molecule has 0 aromatic rings. The van der Waals surface area contributed by atoms with Gasteiger partial charge in [0, 0.05) is 26.3 Å². The summed E-state index contributed by atoms with van der Waals surface area (Å²) in [5, 5.41) is 0. The van der Waals surface area contributed by atoms with E-state index in [1.165, 1.54) is 0 Å². The number of amides is 1. The molecule has 4 nitrogen and oxygen atoms in total. The first-order chi connectivity index (χ1) is 8.64. The molecule has 1 saturated carbocycles. The molecule has 0 aromatic carbocycles. The van der Waals surface area contributed by atoms with Gasteiger partial charge in [0.15, 0.2) is 0 Å². The van der Waals surface area contributed by atoms with E-state index in [4.69, 9.17) is 10.5 Å². The molecule has 2 saturated heterocycles. The topological polar surface area (TPSA) is 55.6 Å². The maximum Gasteiger partial charge on any atom is 0.242 e. The first-order valence-electron chi connectivity index (χ1n) is 7.30. The third-order valence-corrected chi connectivity index (χ3v) is 5.20. The summed E-state index contributed by atoms with van der Waals surface area (Å²) < 4.78 is 5.44. The Bertz CT molecular complexity index is 331. The van der Waals surface area contributed by atoms with Crippen molar-refractivity contribution in [3.8, 4) is 0 Å².